The maximum Gasteiger partial charge on any atom is 0.184 e. The van der Waals surface area contributed by atoms with E-state index in [0.29, 0.717) is 0 Å². The van der Waals surface area contributed by atoms with Gasteiger partial charge in [-0.1, -0.05) is 0 Å². The predicted molar refractivity (Wildman–Crippen MR) is 54.5 cm³/mol. The Morgan fingerprint density at radius 3 is 2.29 bits per heavy atom. The van der Waals surface area contributed by atoms with Crippen LogP contribution in [0.2, 0.25) is 0 Å². The highest BCUT2D eigenvalue weighted by Gasteiger charge is 2.45. The minimum atomic E-state index is -1.68. The van der Waals surface area contributed by atoms with Gasteiger partial charge in [-0.15, -0.1) is 0 Å². The minimum absolute atomic E-state index is 0.227. The highest BCUT2D eigenvalue weighted by molar-refractivity contribution is 4.91. The van der Waals surface area contributed by atoms with Crippen LogP contribution in [0.4, 0.5) is 0 Å². The van der Waals surface area contributed by atoms with Crippen molar-refractivity contribution in [1.82, 2.24) is 0 Å². The molecular weight excluding hydrogens is 234 g/mol. The summed E-state index contributed by atoms with van der Waals surface area (Å²) in [5.74, 6) is 0. The minimum Gasteiger partial charge on any atom is -0.388 e. The maximum absolute atomic E-state index is 9.65. The number of hydrogen-bond donors (Lipinski definition) is 6. The Balaban J connectivity index is 2.57. The van der Waals surface area contributed by atoms with Gasteiger partial charge in [0.25, 0.3) is 0 Å². The van der Waals surface area contributed by atoms with Crippen LogP contribution < -0.4 is 5.73 Å². The molecule has 0 spiro atoms. The molecule has 1 heterocycles. The van der Waals surface area contributed by atoms with Crippen molar-refractivity contribution >= 4 is 0 Å². The summed E-state index contributed by atoms with van der Waals surface area (Å²) in [4.78, 5) is 0. The molecule has 7 N–H and O–H groups in total. The second-order valence-corrected chi connectivity index (χ2v) is 4.07. The molecule has 17 heavy (non-hydrogen) atoms. The van der Waals surface area contributed by atoms with Gasteiger partial charge in [0.1, 0.15) is 36.7 Å². The molecule has 0 bridgehead atoms. The Bertz CT molecular complexity index is 239. The molecule has 1 aliphatic heterocycles. The van der Waals surface area contributed by atoms with E-state index < -0.39 is 43.0 Å². The molecule has 1 fully saturated rings. The van der Waals surface area contributed by atoms with Gasteiger partial charge in [-0.25, -0.2) is 0 Å². The lowest BCUT2D eigenvalue weighted by Gasteiger charge is -2.40. The molecule has 0 aromatic rings. The summed E-state index contributed by atoms with van der Waals surface area (Å²) >= 11 is 0. The van der Waals surface area contributed by atoms with Gasteiger partial charge in [0.15, 0.2) is 6.29 Å². The largest absolute Gasteiger partial charge is 0.388 e. The Labute approximate surface area is 98.2 Å². The molecule has 0 aromatic carbocycles. The van der Waals surface area contributed by atoms with Crippen molar-refractivity contribution in [1.29, 1.82) is 0 Å². The molecular formula is C9H19NO7. The lowest BCUT2D eigenvalue weighted by Crippen LogP contribution is -2.61. The first kappa shape index (κ1) is 14.7. The molecule has 8 nitrogen and oxygen atoms in total. The third-order valence-corrected chi connectivity index (χ3v) is 2.53. The summed E-state index contributed by atoms with van der Waals surface area (Å²) in [6.45, 7) is 1.33. The van der Waals surface area contributed by atoms with Crippen molar-refractivity contribution in [3.05, 3.63) is 0 Å². The van der Waals surface area contributed by atoms with Crippen LogP contribution in [-0.4, -0.2) is 75.2 Å². The zero-order chi connectivity index (χ0) is 13.2. The van der Waals surface area contributed by atoms with Gasteiger partial charge < -0.3 is 40.7 Å². The third-order valence-electron chi connectivity index (χ3n) is 2.53. The summed E-state index contributed by atoms with van der Waals surface area (Å²) in [5.41, 5.74) is 5.31. The lowest BCUT2D eigenvalue weighted by molar-refractivity contribution is -0.299. The molecule has 0 aliphatic carbocycles. The van der Waals surface area contributed by atoms with E-state index in [1.54, 1.807) is 6.92 Å². The monoisotopic (exact) mass is 253 g/mol. The quantitative estimate of drug-likeness (QED) is 0.283. The summed E-state index contributed by atoms with van der Waals surface area (Å²) in [6.07, 6.45) is -9.58. The number of nitrogens with two attached hydrogens (primary N) is 1. The van der Waals surface area contributed by atoms with Crippen LogP contribution in [0.1, 0.15) is 6.92 Å². The predicted octanol–water partition coefficient (Wildman–Crippen LogP) is -3.53. The van der Waals surface area contributed by atoms with Crippen LogP contribution in [0.5, 0.6) is 0 Å². The molecule has 1 saturated heterocycles. The first-order chi connectivity index (χ1) is 7.84. The van der Waals surface area contributed by atoms with Crippen LogP contribution in [0.25, 0.3) is 0 Å². The maximum atomic E-state index is 9.65. The van der Waals surface area contributed by atoms with Gasteiger partial charge in [0.05, 0.1) is 6.61 Å². The highest BCUT2D eigenvalue weighted by Crippen LogP contribution is 2.22. The van der Waals surface area contributed by atoms with E-state index in [0.717, 1.165) is 0 Å². The number of hydrogen-bond acceptors (Lipinski definition) is 8. The van der Waals surface area contributed by atoms with Crippen LogP contribution >= 0.6 is 0 Å². The molecule has 0 saturated carbocycles. The van der Waals surface area contributed by atoms with E-state index in [2.05, 4.69) is 0 Å². The normalized spacial score (nSPS) is 42.2. The van der Waals surface area contributed by atoms with Crippen molar-refractivity contribution in [2.24, 2.45) is 5.73 Å². The van der Waals surface area contributed by atoms with Crippen molar-refractivity contribution in [2.45, 2.75) is 50.0 Å². The number of rotatable bonds is 4. The fraction of sp³-hybridized carbons (Fsp3) is 1.00. The van der Waals surface area contributed by atoms with Crippen molar-refractivity contribution in [3.8, 4) is 0 Å². The molecule has 0 aromatic heterocycles. The van der Waals surface area contributed by atoms with E-state index in [4.69, 9.17) is 15.2 Å². The summed E-state index contributed by atoms with van der Waals surface area (Å²) in [5, 5.41) is 47.1. The van der Waals surface area contributed by atoms with Gasteiger partial charge in [0, 0.05) is 0 Å². The van der Waals surface area contributed by atoms with Crippen LogP contribution in [0.3, 0.4) is 0 Å². The summed E-state index contributed by atoms with van der Waals surface area (Å²) < 4.78 is 9.71. The second kappa shape index (κ2) is 6.03. The Morgan fingerprint density at radius 1 is 1.18 bits per heavy atom. The van der Waals surface area contributed by atoms with Crippen molar-refractivity contribution in [3.63, 3.8) is 0 Å². The fourth-order valence-corrected chi connectivity index (χ4v) is 1.55. The molecule has 1 aliphatic rings. The standard InChI is InChI=1S/C9H19NO7/c1-3(10)16-2-4(11)8-6(13)5(12)7(14)9(15)17-8/h3-9,11-15H,2,10H2,1H3/t3?,4-,5+,6+,7+,8-,9-/m1/s1. The first-order valence-electron chi connectivity index (χ1n) is 5.27. The summed E-state index contributed by atoms with van der Waals surface area (Å²) in [6, 6.07) is 0. The summed E-state index contributed by atoms with van der Waals surface area (Å²) in [7, 11) is 0. The zero-order valence-corrected chi connectivity index (χ0v) is 9.38. The van der Waals surface area contributed by atoms with E-state index in [1.807, 2.05) is 0 Å². The second-order valence-electron chi connectivity index (χ2n) is 4.07. The third kappa shape index (κ3) is 3.57. The van der Waals surface area contributed by atoms with Crippen LogP contribution in [0, 0.1) is 0 Å². The molecule has 8 heteroatoms. The van der Waals surface area contributed by atoms with Crippen LogP contribution in [-0.2, 0) is 9.47 Å². The molecule has 0 amide bonds. The zero-order valence-electron chi connectivity index (χ0n) is 9.38. The molecule has 1 unspecified atom stereocenters. The van der Waals surface area contributed by atoms with Gasteiger partial charge >= 0.3 is 0 Å². The van der Waals surface area contributed by atoms with Gasteiger partial charge in [-0.05, 0) is 6.92 Å². The van der Waals surface area contributed by atoms with Gasteiger partial charge in [0.2, 0.25) is 0 Å². The van der Waals surface area contributed by atoms with E-state index >= 15 is 0 Å². The number of aliphatic hydroxyl groups excluding tert-OH is 5. The Hall–Kier alpha value is -0.320. The molecule has 1 rings (SSSR count). The van der Waals surface area contributed by atoms with Gasteiger partial charge in [-0.3, -0.25) is 0 Å². The smallest absolute Gasteiger partial charge is 0.184 e. The van der Waals surface area contributed by atoms with Gasteiger partial charge in [-0.2, -0.15) is 0 Å². The molecule has 102 valence electrons. The van der Waals surface area contributed by atoms with Crippen molar-refractivity contribution < 1.29 is 35.0 Å². The van der Waals surface area contributed by atoms with E-state index in [-0.39, 0.29) is 6.61 Å². The Morgan fingerprint density at radius 2 is 1.76 bits per heavy atom. The number of ether oxygens (including phenoxy) is 2. The average Bonchev–Trinajstić information content (AvgIpc) is 2.28. The van der Waals surface area contributed by atoms with E-state index in [1.165, 1.54) is 0 Å². The van der Waals surface area contributed by atoms with E-state index in [9.17, 15) is 25.5 Å². The molecule has 7 atom stereocenters. The number of aliphatic hydroxyl groups is 5. The first-order valence-corrected chi connectivity index (χ1v) is 5.27. The molecule has 0 radical (unpaired) electrons. The SMILES string of the molecule is CC(N)OC[C@@H](O)[C@H]1O[C@@H](O)[C@@H](O)[C@@H](O)[C@@H]1O. The van der Waals surface area contributed by atoms with Crippen molar-refractivity contribution in [2.75, 3.05) is 6.61 Å². The Kier molecular flexibility index (Phi) is 5.22. The average molecular weight is 253 g/mol. The fourth-order valence-electron chi connectivity index (χ4n) is 1.55. The topological polar surface area (TPSA) is 146 Å². The van der Waals surface area contributed by atoms with Crippen LogP contribution in [0.15, 0.2) is 0 Å². The highest BCUT2D eigenvalue weighted by atomic mass is 16.6. The lowest BCUT2D eigenvalue weighted by atomic mass is 9.96.